The van der Waals surface area contributed by atoms with Crippen LogP contribution in [0.2, 0.25) is 0 Å². The second-order valence-corrected chi connectivity index (χ2v) is 8.37. The van der Waals surface area contributed by atoms with Crippen LogP contribution in [0.1, 0.15) is 52.3 Å². The van der Waals surface area contributed by atoms with Crippen molar-refractivity contribution >= 4 is 0 Å². The van der Waals surface area contributed by atoms with Crippen LogP contribution in [-0.2, 0) is 17.6 Å². The van der Waals surface area contributed by atoms with Gasteiger partial charge in [-0.3, -0.25) is 4.90 Å². The predicted octanol–water partition coefficient (Wildman–Crippen LogP) is 3.75. The maximum atomic E-state index is 5.85. The molecule has 0 saturated carbocycles. The summed E-state index contributed by atoms with van der Waals surface area (Å²) < 4.78 is 11.4. The second kappa shape index (κ2) is 9.14. The Bertz CT molecular complexity index is 590. The lowest BCUT2D eigenvalue weighted by atomic mass is 9.69. The van der Waals surface area contributed by atoms with Crippen LogP contribution >= 0.6 is 0 Å². The van der Waals surface area contributed by atoms with Gasteiger partial charge in [-0.15, -0.1) is 10.2 Å². The second-order valence-electron chi connectivity index (χ2n) is 8.37. The zero-order chi connectivity index (χ0) is 18.5. The van der Waals surface area contributed by atoms with Crippen molar-refractivity contribution in [3.63, 3.8) is 0 Å². The third-order valence-corrected chi connectivity index (χ3v) is 6.05. The molecular weight excluding hydrogens is 326 g/mol. The predicted molar refractivity (Wildman–Crippen MR) is 103 cm³/mol. The number of aryl methyl sites for hydroxylation is 1. The van der Waals surface area contributed by atoms with E-state index in [1.807, 2.05) is 0 Å². The molecule has 1 fully saturated rings. The van der Waals surface area contributed by atoms with Crippen LogP contribution in [0, 0.1) is 23.7 Å². The molecule has 1 saturated heterocycles. The van der Waals surface area contributed by atoms with Crippen LogP contribution in [0.4, 0.5) is 0 Å². The van der Waals surface area contributed by atoms with Gasteiger partial charge in [-0.25, -0.2) is 0 Å². The van der Waals surface area contributed by atoms with Crippen LogP contribution in [0.5, 0.6) is 0 Å². The van der Waals surface area contributed by atoms with Gasteiger partial charge in [0.05, 0.1) is 13.2 Å². The summed E-state index contributed by atoms with van der Waals surface area (Å²) in [7, 11) is 0. The Labute approximate surface area is 158 Å². The molecule has 0 bridgehead atoms. The first-order valence-corrected chi connectivity index (χ1v) is 10.4. The summed E-state index contributed by atoms with van der Waals surface area (Å²) in [6, 6.07) is 0. The van der Waals surface area contributed by atoms with E-state index in [0.29, 0.717) is 23.7 Å². The summed E-state index contributed by atoms with van der Waals surface area (Å²) in [5.74, 6) is 4.16. The molecule has 0 aromatic carbocycles. The van der Waals surface area contributed by atoms with E-state index in [2.05, 4.69) is 48.9 Å². The molecule has 1 aromatic rings. The molecule has 1 aliphatic carbocycles. The molecule has 3 rings (SSSR count). The molecule has 1 aliphatic heterocycles. The van der Waals surface area contributed by atoms with E-state index < -0.39 is 0 Å². The normalized spacial score (nSPS) is 27.7. The number of ether oxygens (including phenoxy) is 1. The topological polar surface area (TPSA) is 51.4 Å². The Morgan fingerprint density at radius 2 is 1.92 bits per heavy atom. The summed E-state index contributed by atoms with van der Waals surface area (Å²) in [4.78, 5) is 2.57. The maximum absolute atomic E-state index is 5.85. The summed E-state index contributed by atoms with van der Waals surface area (Å²) in [6.07, 6.45) is 6.57. The van der Waals surface area contributed by atoms with E-state index in [-0.39, 0.29) is 0 Å². The molecular formula is C21H35N3O2. The highest BCUT2D eigenvalue weighted by Crippen LogP contribution is 2.39. The summed E-state index contributed by atoms with van der Waals surface area (Å²) in [6.45, 7) is 14.2. The molecule has 0 N–H and O–H groups in total. The van der Waals surface area contributed by atoms with Crippen molar-refractivity contribution in [3.05, 3.63) is 23.4 Å². The quantitative estimate of drug-likeness (QED) is 0.692. The Morgan fingerprint density at radius 3 is 2.62 bits per heavy atom. The zero-order valence-corrected chi connectivity index (χ0v) is 16.9. The van der Waals surface area contributed by atoms with Gasteiger partial charge < -0.3 is 9.15 Å². The Morgan fingerprint density at radius 1 is 1.19 bits per heavy atom. The van der Waals surface area contributed by atoms with Gasteiger partial charge in [-0.05, 0) is 43.4 Å². The molecule has 2 heterocycles. The number of aromatic nitrogens is 2. The first-order valence-electron chi connectivity index (χ1n) is 10.4. The van der Waals surface area contributed by atoms with Gasteiger partial charge in [0.15, 0.2) is 0 Å². The number of allylic oxidation sites excluding steroid dienone is 1. The molecule has 146 valence electrons. The highest BCUT2D eigenvalue weighted by atomic mass is 16.5. The van der Waals surface area contributed by atoms with Gasteiger partial charge in [-0.2, -0.15) is 0 Å². The first kappa shape index (κ1) is 19.6. The Balaban J connectivity index is 1.67. The van der Waals surface area contributed by atoms with Crippen molar-refractivity contribution in [2.45, 2.75) is 53.4 Å². The lowest BCUT2D eigenvalue weighted by Crippen LogP contribution is -2.42. The minimum absolute atomic E-state index is 0.526. The average molecular weight is 362 g/mol. The van der Waals surface area contributed by atoms with Crippen LogP contribution in [0.25, 0.3) is 0 Å². The van der Waals surface area contributed by atoms with E-state index in [1.54, 1.807) is 0 Å². The monoisotopic (exact) mass is 361 g/mol. The van der Waals surface area contributed by atoms with Crippen LogP contribution in [0.15, 0.2) is 16.1 Å². The van der Waals surface area contributed by atoms with Crippen molar-refractivity contribution < 1.29 is 9.15 Å². The van der Waals surface area contributed by atoms with Gasteiger partial charge in [0.25, 0.3) is 0 Å². The summed E-state index contributed by atoms with van der Waals surface area (Å²) in [5.41, 5.74) is 1.50. The van der Waals surface area contributed by atoms with Crippen LogP contribution in [0.3, 0.4) is 0 Å². The highest BCUT2D eigenvalue weighted by Gasteiger charge is 2.33. The maximum Gasteiger partial charge on any atom is 0.217 e. The van der Waals surface area contributed by atoms with Crippen molar-refractivity contribution in [2.24, 2.45) is 23.7 Å². The highest BCUT2D eigenvalue weighted by molar-refractivity contribution is 5.14. The van der Waals surface area contributed by atoms with Crippen molar-refractivity contribution in [1.29, 1.82) is 0 Å². The lowest BCUT2D eigenvalue weighted by Gasteiger charge is -2.40. The molecule has 0 amide bonds. The molecule has 2 aliphatic rings. The van der Waals surface area contributed by atoms with Gasteiger partial charge >= 0.3 is 0 Å². The fourth-order valence-corrected chi connectivity index (χ4v) is 4.46. The molecule has 0 spiro atoms. The lowest BCUT2D eigenvalue weighted by molar-refractivity contribution is 0.0256. The van der Waals surface area contributed by atoms with Gasteiger partial charge in [0.1, 0.15) is 0 Å². The molecule has 1 aromatic heterocycles. The van der Waals surface area contributed by atoms with Gasteiger partial charge in [0, 0.05) is 32.5 Å². The minimum atomic E-state index is 0.526. The summed E-state index contributed by atoms with van der Waals surface area (Å²) >= 11 is 0. The smallest absolute Gasteiger partial charge is 0.217 e. The number of nitrogens with zero attached hydrogens (tertiary/aromatic N) is 3. The SMILES string of the molecule is CCCc1nnc(CC2CC(C(C)C)C(CN3CCOCC3)C=C2C)o1. The van der Waals surface area contributed by atoms with Crippen LogP contribution < -0.4 is 0 Å². The molecule has 5 nitrogen and oxygen atoms in total. The molecule has 5 heteroatoms. The summed E-state index contributed by atoms with van der Waals surface area (Å²) in [5, 5.41) is 8.47. The molecule has 3 unspecified atom stereocenters. The fraction of sp³-hybridized carbons (Fsp3) is 0.810. The fourth-order valence-electron chi connectivity index (χ4n) is 4.46. The number of hydrogen-bond acceptors (Lipinski definition) is 5. The van der Waals surface area contributed by atoms with E-state index in [9.17, 15) is 0 Å². The molecule has 0 radical (unpaired) electrons. The first-order chi connectivity index (χ1) is 12.6. The van der Waals surface area contributed by atoms with Crippen molar-refractivity contribution in [1.82, 2.24) is 15.1 Å². The van der Waals surface area contributed by atoms with Crippen molar-refractivity contribution in [3.8, 4) is 0 Å². The number of hydrogen-bond donors (Lipinski definition) is 0. The van der Waals surface area contributed by atoms with Gasteiger partial charge in [-0.1, -0.05) is 32.4 Å². The average Bonchev–Trinajstić information content (AvgIpc) is 3.05. The Kier molecular flexibility index (Phi) is 6.87. The van der Waals surface area contributed by atoms with E-state index in [4.69, 9.17) is 9.15 Å². The molecule has 26 heavy (non-hydrogen) atoms. The van der Waals surface area contributed by atoms with Crippen molar-refractivity contribution in [2.75, 3.05) is 32.8 Å². The largest absolute Gasteiger partial charge is 0.425 e. The zero-order valence-electron chi connectivity index (χ0n) is 16.9. The third kappa shape index (κ3) is 4.95. The van der Waals surface area contributed by atoms with Crippen LogP contribution in [-0.4, -0.2) is 47.9 Å². The Hall–Kier alpha value is -1.20. The van der Waals surface area contributed by atoms with Gasteiger partial charge in [0.2, 0.25) is 11.8 Å². The number of morpholine rings is 1. The van der Waals surface area contributed by atoms with E-state index >= 15 is 0 Å². The third-order valence-electron chi connectivity index (χ3n) is 6.05. The minimum Gasteiger partial charge on any atom is -0.425 e. The standard InChI is InChI=1S/C21H35N3O2/c1-5-6-20-22-23-21(26-20)13-17-12-19(15(2)3)18(11-16(17)4)14-24-7-9-25-10-8-24/h11,15,17-19H,5-10,12-14H2,1-4H3. The van der Waals surface area contributed by atoms with E-state index in [1.165, 1.54) is 12.0 Å². The van der Waals surface area contributed by atoms with E-state index in [0.717, 1.165) is 63.9 Å². The number of rotatable bonds is 7. The molecule has 3 atom stereocenters.